The zero-order chi connectivity index (χ0) is 20.9. The normalized spacial score (nSPS) is 25.9. The first-order chi connectivity index (χ1) is 13.9. The first-order valence-corrected chi connectivity index (χ1v) is 11.8. The molecule has 7 nitrogen and oxygen atoms in total. The lowest BCUT2D eigenvalue weighted by Gasteiger charge is -2.33. The molecule has 0 spiro atoms. The van der Waals surface area contributed by atoms with Crippen molar-refractivity contribution < 1.29 is 22.7 Å². The van der Waals surface area contributed by atoms with Gasteiger partial charge >= 0.3 is 5.97 Å². The highest BCUT2D eigenvalue weighted by atomic mass is 32.2. The molecule has 1 atom stereocenters. The summed E-state index contributed by atoms with van der Waals surface area (Å²) in [4.78, 5) is 24.9. The van der Waals surface area contributed by atoms with Crippen molar-refractivity contribution in [2.45, 2.75) is 68.8 Å². The van der Waals surface area contributed by atoms with Gasteiger partial charge in [-0.25, -0.2) is 8.42 Å². The molecule has 1 saturated heterocycles. The summed E-state index contributed by atoms with van der Waals surface area (Å²) in [6, 6.07) is 7.32. The predicted molar refractivity (Wildman–Crippen MR) is 108 cm³/mol. The molecule has 1 unspecified atom stereocenters. The standard InChI is InChI=1S/C21H30N2O5S/c1-16-10-12-17(13-11-16)22-20(24)15-28-21(25)19-9-5-6-14-23(19)29(26,27)18-7-3-2-4-8-18/h2-4,7-8,16-17,19H,5-6,9-15H2,1H3,(H,22,24). The van der Waals surface area contributed by atoms with Crippen molar-refractivity contribution in [2.24, 2.45) is 5.92 Å². The van der Waals surface area contributed by atoms with Gasteiger partial charge in [-0.05, 0) is 63.0 Å². The summed E-state index contributed by atoms with van der Waals surface area (Å²) in [6.07, 6.45) is 5.87. The smallest absolute Gasteiger partial charge is 0.324 e. The van der Waals surface area contributed by atoms with E-state index in [0.29, 0.717) is 18.8 Å². The van der Waals surface area contributed by atoms with Crippen molar-refractivity contribution in [2.75, 3.05) is 13.2 Å². The van der Waals surface area contributed by atoms with Crippen molar-refractivity contribution in [3.05, 3.63) is 30.3 Å². The lowest BCUT2D eigenvalue weighted by Crippen LogP contribution is -2.49. The third kappa shape index (κ3) is 5.57. The molecule has 1 amide bonds. The van der Waals surface area contributed by atoms with E-state index in [1.54, 1.807) is 18.2 Å². The number of carbonyl (C=O) groups is 2. The Balaban J connectivity index is 1.57. The number of esters is 1. The second kappa shape index (κ2) is 9.71. The highest BCUT2D eigenvalue weighted by Gasteiger charge is 2.38. The van der Waals surface area contributed by atoms with Gasteiger partial charge in [0.2, 0.25) is 10.0 Å². The van der Waals surface area contributed by atoms with Crippen LogP contribution in [0.15, 0.2) is 35.2 Å². The number of rotatable bonds is 6. The van der Waals surface area contributed by atoms with Crippen molar-refractivity contribution in [1.29, 1.82) is 0 Å². The number of nitrogens with one attached hydrogen (secondary N) is 1. The summed E-state index contributed by atoms with van der Waals surface area (Å²) < 4.78 is 32.4. The molecule has 0 bridgehead atoms. The maximum Gasteiger partial charge on any atom is 0.324 e. The second-order valence-corrected chi connectivity index (χ2v) is 9.96. The minimum Gasteiger partial charge on any atom is -0.454 e. The SMILES string of the molecule is CC1CCC(NC(=O)COC(=O)C2CCCCN2S(=O)(=O)c2ccccc2)CC1. The van der Waals surface area contributed by atoms with E-state index in [1.165, 1.54) is 16.4 Å². The zero-order valence-corrected chi connectivity index (χ0v) is 17.7. The minimum absolute atomic E-state index is 0.127. The maximum atomic E-state index is 13.0. The summed E-state index contributed by atoms with van der Waals surface area (Å²) >= 11 is 0. The molecule has 2 fully saturated rings. The molecule has 1 heterocycles. The number of sulfonamides is 1. The van der Waals surface area contributed by atoms with Gasteiger partial charge in [-0.15, -0.1) is 0 Å². The van der Waals surface area contributed by atoms with E-state index in [9.17, 15) is 18.0 Å². The fourth-order valence-electron chi connectivity index (χ4n) is 4.06. The first-order valence-electron chi connectivity index (χ1n) is 10.4. The molecular weight excluding hydrogens is 392 g/mol. The summed E-state index contributed by atoms with van der Waals surface area (Å²) in [5.41, 5.74) is 0. The van der Waals surface area contributed by atoms with Crippen molar-refractivity contribution in [3.63, 3.8) is 0 Å². The van der Waals surface area contributed by atoms with E-state index >= 15 is 0 Å². The Morgan fingerprint density at radius 2 is 1.76 bits per heavy atom. The Hall–Kier alpha value is -1.93. The maximum absolute atomic E-state index is 13.0. The van der Waals surface area contributed by atoms with Gasteiger partial charge in [0.15, 0.2) is 6.61 Å². The molecule has 1 aliphatic carbocycles. The van der Waals surface area contributed by atoms with Gasteiger partial charge in [-0.1, -0.05) is 25.1 Å². The van der Waals surface area contributed by atoms with Gasteiger partial charge in [0.05, 0.1) is 4.90 Å². The average Bonchev–Trinajstić information content (AvgIpc) is 2.74. The largest absolute Gasteiger partial charge is 0.454 e. The summed E-state index contributed by atoms with van der Waals surface area (Å²) in [5, 5.41) is 2.92. The average molecular weight is 423 g/mol. The number of benzene rings is 1. The number of carbonyl (C=O) groups excluding carboxylic acids is 2. The molecule has 160 valence electrons. The van der Waals surface area contributed by atoms with E-state index in [1.807, 2.05) is 0 Å². The number of ether oxygens (including phenoxy) is 1. The van der Waals surface area contributed by atoms with Crippen LogP contribution in [0.2, 0.25) is 0 Å². The van der Waals surface area contributed by atoms with Crippen LogP contribution >= 0.6 is 0 Å². The lowest BCUT2D eigenvalue weighted by molar-refractivity contribution is -0.153. The summed E-state index contributed by atoms with van der Waals surface area (Å²) in [6.45, 7) is 2.10. The molecular formula is C21H30N2O5S. The van der Waals surface area contributed by atoms with Crippen LogP contribution in [0.3, 0.4) is 0 Å². The Morgan fingerprint density at radius 1 is 1.07 bits per heavy atom. The number of piperidine rings is 1. The third-order valence-corrected chi connectivity index (χ3v) is 7.72. The molecule has 29 heavy (non-hydrogen) atoms. The van der Waals surface area contributed by atoms with E-state index in [-0.39, 0.29) is 30.0 Å². The van der Waals surface area contributed by atoms with E-state index in [2.05, 4.69) is 12.2 Å². The van der Waals surface area contributed by atoms with Crippen LogP contribution in [-0.2, 0) is 24.3 Å². The molecule has 3 rings (SSSR count). The fraction of sp³-hybridized carbons (Fsp3) is 0.619. The van der Waals surface area contributed by atoms with Crippen LogP contribution in [-0.4, -0.2) is 49.8 Å². The van der Waals surface area contributed by atoms with Gasteiger partial charge in [-0.3, -0.25) is 9.59 Å². The summed E-state index contributed by atoms with van der Waals surface area (Å²) in [5.74, 6) is -0.298. The predicted octanol–water partition coefficient (Wildman–Crippen LogP) is 2.47. The Kier molecular flexibility index (Phi) is 7.29. The van der Waals surface area contributed by atoms with Crippen LogP contribution in [0.1, 0.15) is 51.9 Å². The van der Waals surface area contributed by atoms with Crippen LogP contribution in [0, 0.1) is 5.92 Å². The van der Waals surface area contributed by atoms with Gasteiger partial charge in [0, 0.05) is 12.6 Å². The molecule has 0 aromatic heterocycles. The monoisotopic (exact) mass is 422 g/mol. The molecule has 2 aliphatic rings. The van der Waals surface area contributed by atoms with E-state index in [0.717, 1.165) is 32.1 Å². The topological polar surface area (TPSA) is 92.8 Å². The van der Waals surface area contributed by atoms with Gasteiger partial charge in [-0.2, -0.15) is 4.31 Å². The lowest BCUT2D eigenvalue weighted by atomic mass is 9.87. The van der Waals surface area contributed by atoms with Gasteiger partial charge in [0.1, 0.15) is 6.04 Å². The molecule has 1 N–H and O–H groups in total. The van der Waals surface area contributed by atoms with E-state index < -0.39 is 22.0 Å². The second-order valence-electron chi connectivity index (χ2n) is 8.07. The highest BCUT2D eigenvalue weighted by Crippen LogP contribution is 2.26. The summed E-state index contributed by atoms with van der Waals surface area (Å²) in [7, 11) is -3.79. The van der Waals surface area contributed by atoms with Gasteiger partial charge < -0.3 is 10.1 Å². The van der Waals surface area contributed by atoms with Crippen molar-refractivity contribution >= 4 is 21.9 Å². The quantitative estimate of drug-likeness (QED) is 0.711. The van der Waals surface area contributed by atoms with Crippen LogP contribution in [0.25, 0.3) is 0 Å². The van der Waals surface area contributed by atoms with Crippen molar-refractivity contribution in [3.8, 4) is 0 Å². The third-order valence-electron chi connectivity index (χ3n) is 5.80. The number of nitrogens with zero attached hydrogens (tertiary/aromatic N) is 1. The number of amides is 1. The van der Waals surface area contributed by atoms with Crippen LogP contribution < -0.4 is 5.32 Å². The van der Waals surface area contributed by atoms with Gasteiger partial charge in [0.25, 0.3) is 5.91 Å². The first kappa shape index (κ1) is 21.8. The molecule has 1 aromatic carbocycles. The Morgan fingerprint density at radius 3 is 2.45 bits per heavy atom. The van der Waals surface area contributed by atoms with Crippen LogP contribution in [0.4, 0.5) is 0 Å². The molecule has 8 heteroatoms. The van der Waals surface area contributed by atoms with E-state index in [4.69, 9.17) is 4.74 Å². The van der Waals surface area contributed by atoms with Crippen LogP contribution in [0.5, 0.6) is 0 Å². The molecule has 1 aromatic rings. The highest BCUT2D eigenvalue weighted by molar-refractivity contribution is 7.89. The molecule has 0 radical (unpaired) electrons. The molecule has 1 saturated carbocycles. The number of hydrogen-bond donors (Lipinski definition) is 1. The fourth-order valence-corrected chi connectivity index (χ4v) is 5.73. The zero-order valence-electron chi connectivity index (χ0n) is 16.9. The van der Waals surface area contributed by atoms with Crippen molar-refractivity contribution in [1.82, 2.24) is 9.62 Å². The minimum atomic E-state index is -3.79. The molecule has 1 aliphatic heterocycles. The Bertz CT molecular complexity index is 804. The Labute approximate surface area is 172 Å². The number of hydrogen-bond acceptors (Lipinski definition) is 5.